The minimum absolute atomic E-state index is 0.164. The van der Waals surface area contributed by atoms with Crippen LogP contribution in [-0.4, -0.2) is 28.3 Å². The molecule has 0 amide bonds. The van der Waals surface area contributed by atoms with Gasteiger partial charge in [0.2, 0.25) is 0 Å². The van der Waals surface area contributed by atoms with Crippen LogP contribution in [0.4, 0.5) is 5.69 Å². The van der Waals surface area contributed by atoms with Crippen molar-refractivity contribution >= 4 is 34.9 Å². The molecule has 0 aliphatic carbocycles. The number of anilines is 1. The average molecular weight is 264 g/mol. The van der Waals surface area contributed by atoms with E-state index in [-0.39, 0.29) is 6.54 Å². The first-order chi connectivity index (χ1) is 7.33. The number of nitrogens with one attached hydrogen (secondary N) is 1. The van der Waals surface area contributed by atoms with Crippen LogP contribution in [-0.2, 0) is 4.79 Å². The van der Waals surface area contributed by atoms with Crippen LogP contribution in [0.1, 0.15) is 6.92 Å². The van der Waals surface area contributed by atoms with Gasteiger partial charge in [-0.2, -0.15) is 0 Å². The van der Waals surface area contributed by atoms with Crippen molar-refractivity contribution in [2.24, 2.45) is 0 Å². The fourth-order valence-electron chi connectivity index (χ4n) is 0.976. The van der Waals surface area contributed by atoms with E-state index in [4.69, 9.17) is 28.3 Å². The van der Waals surface area contributed by atoms with Crippen LogP contribution in [0.2, 0.25) is 10.0 Å². The number of hydrogen-bond acceptors (Lipinski definition) is 3. The number of carboxylic acid groups (broad SMARTS) is 1. The summed E-state index contributed by atoms with van der Waals surface area (Å²) in [6.45, 7) is 1.03. The maximum Gasteiger partial charge on any atom is 0.337 e. The minimum Gasteiger partial charge on any atom is -0.479 e. The molecule has 16 heavy (non-hydrogen) atoms. The van der Waals surface area contributed by atoms with Gasteiger partial charge in [0.1, 0.15) is 0 Å². The Morgan fingerprint density at radius 2 is 2.12 bits per heavy atom. The number of rotatable bonds is 4. The molecule has 0 bridgehead atoms. The first-order valence-corrected chi connectivity index (χ1v) is 5.23. The van der Waals surface area contributed by atoms with E-state index in [1.54, 1.807) is 18.2 Å². The Balaban J connectivity index is 2.75. The Morgan fingerprint density at radius 1 is 1.50 bits per heavy atom. The maximum atomic E-state index is 10.6. The summed E-state index contributed by atoms with van der Waals surface area (Å²) in [5.41, 5.74) is -1.37. The highest BCUT2D eigenvalue weighted by molar-refractivity contribution is 6.35. The Morgan fingerprint density at radius 3 is 2.69 bits per heavy atom. The fraction of sp³-hybridized carbons (Fsp3) is 0.300. The van der Waals surface area contributed by atoms with E-state index in [1.807, 2.05) is 0 Å². The Hall–Kier alpha value is -0.970. The lowest BCUT2D eigenvalue weighted by Gasteiger charge is -2.19. The third-order valence-corrected chi connectivity index (χ3v) is 2.58. The zero-order valence-corrected chi connectivity index (χ0v) is 10.0. The second kappa shape index (κ2) is 4.91. The minimum atomic E-state index is -1.86. The molecular weight excluding hydrogens is 253 g/mol. The summed E-state index contributed by atoms with van der Waals surface area (Å²) in [7, 11) is 0. The number of aliphatic carboxylic acids is 1. The fourth-order valence-corrected chi connectivity index (χ4v) is 1.33. The van der Waals surface area contributed by atoms with Crippen molar-refractivity contribution in [3.63, 3.8) is 0 Å². The second-order valence-electron chi connectivity index (χ2n) is 3.56. The molecule has 1 aromatic rings. The first kappa shape index (κ1) is 13.1. The van der Waals surface area contributed by atoms with E-state index in [1.165, 1.54) is 6.92 Å². The van der Waals surface area contributed by atoms with Crippen LogP contribution in [0.3, 0.4) is 0 Å². The van der Waals surface area contributed by atoms with Crippen LogP contribution in [0, 0.1) is 0 Å². The summed E-state index contributed by atoms with van der Waals surface area (Å²) in [6, 6.07) is 4.76. The molecule has 3 N–H and O–H groups in total. The molecule has 0 aliphatic rings. The summed E-state index contributed by atoms with van der Waals surface area (Å²) in [5.74, 6) is -1.31. The van der Waals surface area contributed by atoms with Crippen LogP contribution in [0.15, 0.2) is 18.2 Å². The van der Waals surface area contributed by atoms with Gasteiger partial charge in [-0.25, -0.2) is 4.79 Å². The molecule has 0 saturated heterocycles. The van der Waals surface area contributed by atoms with Gasteiger partial charge >= 0.3 is 5.97 Å². The summed E-state index contributed by atoms with van der Waals surface area (Å²) in [5, 5.41) is 21.8. The van der Waals surface area contributed by atoms with E-state index >= 15 is 0 Å². The molecule has 0 radical (unpaired) electrons. The van der Waals surface area contributed by atoms with Crippen molar-refractivity contribution in [2.75, 3.05) is 11.9 Å². The molecule has 0 heterocycles. The maximum absolute atomic E-state index is 10.6. The number of hydrogen-bond donors (Lipinski definition) is 3. The molecule has 4 nitrogen and oxygen atoms in total. The van der Waals surface area contributed by atoms with Gasteiger partial charge in [0.15, 0.2) is 5.60 Å². The average Bonchev–Trinajstić information content (AvgIpc) is 2.19. The molecule has 0 fully saturated rings. The van der Waals surface area contributed by atoms with Gasteiger partial charge in [-0.1, -0.05) is 23.2 Å². The smallest absolute Gasteiger partial charge is 0.337 e. The number of halogens is 2. The van der Waals surface area contributed by atoms with Gasteiger partial charge in [-0.3, -0.25) is 0 Å². The predicted molar refractivity (Wildman–Crippen MR) is 63.2 cm³/mol. The molecular formula is C10H11Cl2NO3. The number of carboxylic acids is 1. The first-order valence-electron chi connectivity index (χ1n) is 4.47. The third-order valence-electron chi connectivity index (χ3n) is 2.01. The quantitative estimate of drug-likeness (QED) is 0.780. The normalized spacial score (nSPS) is 14.2. The summed E-state index contributed by atoms with van der Waals surface area (Å²) in [4.78, 5) is 10.6. The SMILES string of the molecule is CC(O)(CNc1cc(Cl)ccc1Cl)C(=O)O. The van der Waals surface area contributed by atoms with E-state index in [2.05, 4.69) is 5.32 Å². The van der Waals surface area contributed by atoms with Crippen molar-refractivity contribution in [3.8, 4) is 0 Å². The van der Waals surface area contributed by atoms with E-state index in [9.17, 15) is 9.90 Å². The Kier molecular flexibility index (Phi) is 4.02. The van der Waals surface area contributed by atoms with Crippen molar-refractivity contribution in [1.82, 2.24) is 0 Å². The van der Waals surface area contributed by atoms with Crippen LogP contribution < -0.4 is 5.32 Å². The standard InChI is InChI=1S/C10H11Cl2NO3/c1-10(16,9(14)15)5-13-8-4-6(11)2-3-7(8)12/h2-4,13,16H,5H2,1H3,(H,14,15). The largest absolute Gasteiger partial charge is 0.479 e. The molecule has 1 unspecified atom stereocenters. The zero-order valence-electron chi connectivity index (χ0n) is 8.50. The molecule has 0 saturated carbocycles. The van der Waals surface area contributed by atoms with E-state index in [0.29, 0.717) is 15.7 Å². The molecule has 88 valence electrons. The van der Waals surface area contributed by atoms with Crippen LogP contribution in [0.5, 0.6) is 0 Å². The van der Waals surface area contributed by atoms with Gasteiger partial charge in [-0.15, -0.1) is 0 Å². The third kappa shape index (κ3) is 3.27. The molecule has 0 aliphatic heterocycles. The molecule has 6 heteroatoms. The number of carbonyl (C=O) groups is 1. The van der Waals surface area contributed by atoms with Gasteiger partial charge in [0, 0.05) is 5.02 Å². The van der Waals surface area contributed by atoms with Crippen molar-refractivity contribution in [1.29, 1.82) is 0 Å². The Labute approximate surface area is 103 Å². The van der Waals surface area contributed by atoms with E-state index < -0.39 is 11.6 Å². The molecule has 0 aromatic heterocycles. The molecule has 1 aromatic carbocycles. The van der Waals surface area contributed by atoms with Crippen LogP contribution >= 0.6 is 23.2 Å². The van der Waals surface area contributed by atoms with Gasteiger partial charge < -0.3 is 15.5 Å². The number of aliphatic hydroxyl groups is 1. The Bertz CT molecular complexity index is 407. The summed E-state index contributed by atoms with van der Waals surface area (Å²) >= 11 is 11.6. The van der Waals surface area contributed by atoms with Gasteiger partial charge in [0.25, 0.3) is 0 Å². The summed E-state index contributed by atoms with van der Waals surface area (Å²) in [6.07, 6.45) is 0. The highest BCUT2D eigenvalue weighted by Crippen LogP contribution is 2.25. The van der Waals surface area contributed by atoms with Crippen molar-refractivity contribution < 1.29 is 15.0 Å². The lowest BCUT2D eigenvalue weighted by atomic mass is 10.1. The van der Waals surface area contributed by atoms with E-state index in [0.717, 1.165) is 0 Å². The highest BCUT2D eigenvalue weighted by atomic mass is 35.5. The molecule has 0 spiro atoms. The molecule has 1 atom stereocenters. The van der Waals surface area contributed by atoms with Crippen LogP contribution in [0.25, 0.3) is 0 Å². The summed E-state index contributed by atoms with van der Waals surface area (Å²) < 4.78 is 0. The predicted octanol–water partition coefficient (Wildman–Crippen LogP) is 2.24. The van der Waals surface area contributed by atoms with Gasteiger partial charge in [-0.05, 0) is 25.1 Å². The zero-order chi connectivity index (χ0) is 12.3. The monoisotopic (exact) mass is 263 g/mol. The van der Waals surface area contributed by atoms with Gasteiger partial charge in [0.05, 0.1) is 17.3 Å². The van der Waals surface area contributed by atoms with Crippen molar-refractivity contribution in [3.05, 3.63) is 28.2 Å². The topological polar surface area (TPSA) is 69.6 Å². The lowest BCUT2D eigenvalue weighted by molar-refractivity contribution is -0.155. The molecule has 1 rings (SSSR count). The highest BCUT2D eigenvalue weighted by Gasteiger charge is 2.29. The van der Waals surface area contributed by atoms with Crippen molar-refractivity contribution in [2.45, 2.75) is 12.5 Å². The number of benzene rings is 1. The lowest BCUT2D eigenvalue weighted by Crippen LogP contribution is -2.41. The second-order valence-corrected chi connectivity index (χ2v) is 4.40.